The molecule has 2 aromatic heterocycles. The lowest BCUT2D eigenvalue weighted by Crippen LogP contribution is -2.39. The van der Waals surface area contributed by atoms with E-state index in [1.807, 2.05) is 43.3 Å². The molecule has 4 aromatic rings. The topological polar surface area (TPSA) is 103 Å². The van der Waals surface area contributed by atoms with E-state index in [0.717, 1.165) is 11.3 Å². The average Bonchev–Trinajstić information content (AvgIpc) is 3.56. The van der Waals surface area contributed by atoms with E-state index in [1.54, 1.807) is 50.3 Å². The summed E-state index contributed by atoms with van der Waals surface area (Å²) in [5, 5.41) is 0.426. The summed E-state index contributed by atoms with van der Waals surface area (Å²) in [6.07, 6.45) is 1.62. The summed E-state index contributed by atoms with van der Waals surface area (Å²) in [7, 11) is 5.18. The van der Waals surface area contributed by atoms with Crippen LogP contribution >= 0.6 is 22.9 Å². The molecule has 216 valence electrons. The number of furan rings is 1. The highest BCUT2D eigenvalue weighted by molar-refractivity contribution is 7.07. The molecule has 0 spiro atoms. The van der Waals surface area contributed by atoms with Gasteiger partial charge in [-0.1, -0.05) is 35.1 Å². The first kappa shape index (κ1) is 29.1. The van der Waals surface area contributed by atoms with Gasteiger partial charge >= 0.3 is 11.9 Å². The molecular formula is C31H28ClN3O6S. The van der Waals surface area contributed by atoms with E-state index in [-0.39, 0.29) is 12.2 Å². The van der Waals surface area contributed by atoms with Gasteiger partial charge in [-0.3, -0.25) is 9.36 Å². The van der Waals surface area contributed by atoms with Crippen LogP contribution in [0.5, 0.6) is 0 Å². The third-order valence-corrected chi connectivity index (χ3v) is 8.01. The summed E-state index contributed by atoms with van der Waals surface area (Å²) in [6, 6.07) is 15.1. The smallest absolute Gasteiger partial charge is 0.338 e. The number of fused-ring (bicyclic) bond motifs is 1. The highest BCUT2D eigenvalue weighted by atomic mass is 35.5. The molecule has 0 saturated carbocycles. The second-order valence-corrected chi connectivity index (χ2v) is 11.1. The molecule has 1 atom stereocenters. The number of aromatic nitrogens is 1. The maximum absolute atomic E-state index is 13.9. The van der Waals surface area contributed by atoms with Gasteiger partial charge in [-0.25, -0.2) is 14.6 Å². The summed E-state index contributed by atoms with van der Waals surface area (Å²) in [5.74, 6) is -0.275. The summed E-state index contributed by atoms with van der Waals surface area (Å²) in [5.41, 5.74) is 2.96. The standard InChI is InChI=1S/C31H28ClN3O6S/c1-6-40-30(38)26-17(2)33-31-35(27(26)18-7-10-20(11-8-18)34(3)4)28(36)25(42-31)16-21-12-14-24(41-21)23-15-19(32)9-13-22(23)29(37)39-5/h7-16,27H,6H2,1-5H3/b25-16+/t27-/m1/s1. The number of anilines is 1. The van der Waals surface area contributed by atoms with Gasteiger partial charge in [0.1, 0.15) is 11.5 Å². The molecule has 11 heteroatoms. The van der Waals surface area contributed by atoms with Gasteiger partial charge in [0.25, 0.3) is 5.56 Å². The van der Waals surface area contributed by atoms with Crippen molar-refractivity contribution in [3.05, 3.63) is 107 Å². The summed E-state index contributed by atoms with van der Waals surface area (Å²) < 4.78 is 18.2. The Balaban J connectivity index is 1.63. The van der Waals surface area contributed by atoms with Gasteiger partial charge in [-0.15, -0.1) is 0 Å². The van der Waals surface area contributed by atoms with E-state index in [9.17, 15) is 14.4 Å². The van der Waals surface area contributed by atoms with Gasteiger partial charge in [0.15, 0.2) is 4.80 Å². The van der Waals surface area contributed by atoms with Crippen LogP contribution in [0.3, 0.4) is 0 Å². The molecule has 1 aliphatic heterocycles. The molecule has 0 radical (unpaired) electrons. The Labute approximate surface area is 250 Å². The van der Waals surface area contributed by atoms with Crippen LogP contribution in [0.2, 0.25) is 5.02 Å². The Morgan fingerprint density at radius 1 is 1.12 bits per heavy atom. The predicted molar refractivity (Wildman–Crippen MR) is 162 cm³/mol. The van der Waals surface area contributed by atoms with Crippen molar-refractivity contribution in [3.63, 3.8) is 0 Å². The maximum Gasteiger partial charge on any atom is 0.338 e. The Morgan fingerprint density at radius 2 is 1.86 bits per heavy atom. The zero-order chi connectivity index (χ0) is 30.1. The first-order valence-electron chi connectivity index (χ1n) is 13.1. The van der Waals surface area contributed by atoms with Crippen molar-refractivity contribution < 1.29 is 23.5 Å². The third-order valence-electron chi connectivity index (χ3n) is 6.79. The Bertz CT molecular complexity index is 1900. The first-order valence-corrected chi connectivity index (χ1v) is 14.3. The highest BCUT2D eigenvalue weighted by Gasteiger charge is 2.33. The number of halogens is 1. The van der Waals surface area contributed by atoms with Gasteiger partial charge in [-0.05, 0) is 61.9 Å². The zero-order valence-corrected chi connectivity index (χ0v) is 25.2. The van der Waals surface area contributed by atoms with Crippen LogP contribution in [-0.4, -0.2) is 44.3 Å². The van der Waals surface area contributed by atoms with Crippen molar-refractivity contribution in [2.45, 2.75) is 19.9 Å². The van der Waals surface area contributed by atoms with Crippen molar-refractivity contribution in [1.82, 2.24) is 4.57 Å². The molecule has 0 bridgehead atoms. The molecule has 0 fully saturated rings. The molecule has 0 N–H and O–H groups in total. The van der Waals surface area contributed by atoms with Crippen LogP contribution in [0.15, 0.2) is 80.1 Å². The van der Waals surface area contributed by atoms with E-state index in [4.69, 9.17) is 25.5 Å². The van der Waals surface area contributed by atoms with Crippen molar-refractivity contribution in [2.24, 2.45) is 4.99 Å². The minimum Gasteiger partial charge on any atom is -0.465 e. The fourth-order valence-electron chi connectivity index (χ4n) is 4.77. The molecule has 3 heterocycles. The minimum absolute atomic E-state index is 0.192. The van der Waals surface area contributed by atoms with Crippen LogP contribution in [0.1, 0.15) is 41.6 Å². The van der Waals surface area contributed by atoms with Crippen LogP contribution in [0.4, 0.5) is 5.69 Å². The number of esters is 2. The normalized spacial score (nSPS) is 14.8. The number of hydrogen-bond donors (Lipinski definition) is 0. The monoisotopic (exact) mass is 605 g/mol. The van der Waals surface area contributed by atoms with Crippen molar-refractivity contribution in [2.75, 3.05) is 32.7 Å². The van der Waals surface area contributed by atoms with E-state index in [1.165, 1.54) is 23.0 Å². The number of methoxy groups -OCH3 is 1. The number of allylic oxidation sites excluding steroid dienone is 1. The summed E-state index contributed by atoms with van der Waals surface area (Å²) >= 11 is 7.38. The van der Waals surface area contributed by atoms with Crippen molar-refractivity contribution in [3.8, 4) is 11.3 Å². The lowest BCUT2D eigenvalue weighted by Gasteiger charge is -2.25. The second kappa shape index (κ2) is 11.8. The largest absolute Gasteiger partial charge is 0.465 e. The molecule has 2 aromatic carbocycles. The summed E-state index contributed by atoms with van der Waals surface area (Å²) in [6.45, 7) is 3.67. The molecule has 0 aliphatic carbocycles. The highest BCUT2D eigenvalue weighted by Crippen LogP contribution is 2.32. The number of benzene rings is 2. The van der Waals surface area contributed by atoms with Gasteiger partial charge < -0.3 is 18.8 Å². The average molecular weight is 606 g/mol. The van der Waals surface area contributed by atoms with E-state index < -0.39 is 18.0 Å². The van der Waals surface area contributed by atoms with E-state index in [2.05, 4.69) is 4.99 Å². The second-order valence-electron chi connectivity index (χ2n) is 9.67. The lowest BCUT2D eigenvalue weighted by molar-refractivity contribution is -0.139. The van der Waals surface area contributed by atoms with E-state index in [0.29, 0.717) is 48.3 Å². The summed E-state index contributed by atoms with van der Waals surface area (Å²) in [4.78, 5) is 46.4. The zero-order valence-electron chi connectivity index (χ0n) is 23.6. The van der Waals surface area contributed by atoms with Gasteiger partial charge in [0.2, 0.25) is 0 Å². The van der Waals surface area contributed by atoms with Crippen molar-refractivity contribution in [1.29, 1.82) is 0 Å². The number of ether oxygens (including phenoxy) is 2. The van der Waals surface area contributed by atoms with Crippen LogP contribution in [0.25, 0.3) is 17.4 Å². The molecule has 5 rings (SSSR count). The SMILES string of the molecule is CCOC(=O)C1=C(C)N=c2s/c(=C/c3ccc(-c4cc(Cl)ccc4C(=O)OC)o3)c(=O)n2[C@@H]1c1ccc(N(C)C)cc1. The Morgan fingerprint density at radius 3 is 2.52 bits per heavy atom. The molecule has 9 nitrogen and oxygen atoms in total. The molecule has 0 unspecified atom stereocenters. The number of hydrogen-bond acceptors (Lipinski definition) is 9. The molecular weight excluding hydrogens is 578 g/mol. The number of nitrogens with zero attached hydrogens (tertiary/aromatic N) is 3. The number of rotatable bonds is 7. The fourth-order valence-corrected chi connectivity index (χ4v) is 5.97. The lowest BCUT2D eigenvalue weighted by atomic mass is 9.95. The Kier molecular flexibility index (Phi) is 8.20. The quantitative estimate of drug-likeness (QED) is 0.284. The van der Waals surface area contributed by atoms with Crippen LogP contribution in [0, 0.1) is 0 Å². The van der Waals surface area contributed by atoms with E-state index >= 15 is 0 Å². The third kappa shape index (κ3) is 5.43. The molecule has 1 aliphatic rings. The number of carbonyl (C=O) groups excluding carboxylic acids is 2. The Hall–Kier alpha value is -4.41. The molecule has 0 saturated heterocycles. The van der Waals surface area contributed by atoms with Gasteiger partial charge in [0, 0.05) is 36.4 Å². The maximum atomic E-state index is 13.9. The first-order chi connectivity index (χ1) is 20.1. The molecule has 42 heavy (non-hydrogen) atoms. The number of thiazole rings is 1. The number of carbonyl (C=O) groups is 2. The van der Waals surface area contributed by atoms with Crippen LogP contribution < -0.4 is 19.8 Å². The molecule has 0 amide bonds. The van der Waals surface area contributed by atoms with Gasteiger partial charge in [0.05, 0.1) is 41.1 Å². The van der Waals surface area contributed by atoms with Gasteiger partial charge in [-0.2, -0.15) is 0 Å². The minimum atomic E-state index is -0.722. The fraction of sp³-hybridized carbons (Fsp3) is 0.226. The van der Waals surface area contributed by atoms with Crippen molar-refractivity contribution >= 4 is 46.6 Å². The predicted octanol–water partition coefficient (Wildman–Crippen LogP) is 4.56. The van der Waals surface area contributed by atoms with Crippen LogP contribution in [-0.2, 0) is 14.3 Å².